The van der Waals surface area contributed by atoms with Gasteiger partial charge in [0.05, 0.1) is 18.8 Å². The van der Waals surface area contributed by atoms with Crippen LogP contribution in [0.3, 0.4) is 0 Å². The van der Waals surface area contributed by atoms with Crippen LogP contribution >= 0.6 is 11.3 Å². The van der Waals surface area contributed by atoms with Crippen molar-refractivity contribution in [1.82, 2.24) is 15.2 Å². The number of nitrogens with zero attached hydrogens (tertiary/aromatic N) is 5. The van der Waals surface area contributed by atoms with E-state index in [1.54, 1.807) is 11.3 Å². The van der Waals surface area contributed by atoms with Crippen LogP contribution in [0.2, 0.25) is 0 Å². The first kappa shape index (κ1) is 14.9. The first-order valence-electron chi connectivity index (χ1n) is 7.12. The molecule has 1 saturated heterocycles. The lowest BCUT2D eigenvalue weighted by molar-refractivity contribution is 0.0392. The minimum atomic E-state index is -0.0811. The van der Waals surface area contributed by atoms with E-state index >= 15 is 0 Å². The second kappa shape index (κ2) is 5.99. The van der Waals surface area contributed by atoms with Crippen molar-refractivity contribution >= 4 is 17.2 Å². The highest BCUT2D eigenvalue weighted by Gasteiger charge is 2.27. The highest BCUT2D eigenvalue weighted by atomic mass is 32.1. The van der Waals surface area contributed by atoms with Gasteiger partial charge < -0.3 is 9.64 Å². The molecule has 0 N–H and O–H groups in total. The third-order valence-corrected chi connectivity index (χ3v) is 4.88. The summed E-state index contributed by atoms with van der Waals surface area (Å²) in [4.78, 5) is 6.57. The molecule has 0 bridgehead atoms. The molecular weight excluding hydrogens is 298 g/mol. The van der Waals surface area contributed by atoms with Crippen LogP contribution in [0.15, 0.2) is 5.38 Å². The van der Waals surface area contributed by atoms with Crippen molar-refractivity contribution in [2.75, 3.05) is 24.6 Å². The van der Waals surface area contributed by atoms with Gasteiger partial charge in [-0.2, -0.15) is 10.4 Å². The topological polar surface area (TPSA) is 74.9 Å². The number of anilines is 1. The van der Waals surface area contributed by atoms with E-state index < -0.39 is 0 Å². The summed E-state index contributed by atoms with van der Waals surface area (Å²) < 4.78 is 5.83. The standard InChI is InChI=1S/C15H17N5OS/c1-9-8-22-15(17-9)13-7-20(4-5-21-13)14-12(6-16)10(2)11(3)18-19-14/h8,13H,4-5,7H2,1-3H3/t13-/m0/s1. The summed E-state index contributed by atoms with van der Waals surface area (Å²) in [5.74, 6) is 0.646. The van der Waals surface area contributed by atoms with E-state index in [1.165, 1.54) is 0 Å². The molecule has 22 heavy (non-hydrogen) atoms. The molecule has 114 valence electrons. The molecule has 3 heterocycles. The number of hydrogen-bond acceptors (Lipinski definition) is 7. The Morgan fingerprint density at radius 3 is 2.86 bits per heavy atom. The Morgan fingerprint density at radius 1 is 1.36 bits per heavy atom. The molecule has 7 heteroatoms. The maximum absolute atomic E-state index is 9.45. The molecule has 2 aromatic heterocycles. The number of nitriles is 1. The molecule has 2 aromatic rings. The van der Waals surface area contributed by atoms with Gasteiger partial charge in [-0.25, -0.2) is 4.98 Å². The summed E-state index contributed by atoms with van der Waals surface area (Å²) in [7, 11) is 0. The first-order chi connectivity index (χ1) is 10.6. The van der Waals surface area contributed by atoms with Crippen molar-refractivity contribution in [3.63, 3.8) is 0 Å². The average molecular weight is 315 g/mol. The zero-order valence-corrected chi connectivity index (χ0v) is 13.6. The van der Waals surface area contributed by atoms with Crippen molar-refractivity contribution in [2.45, 2.75) is 26.9 Å². The molecular formula is C15H17N5OS. The predicted octanol–water partition coefficient (Wildman–Crippen LogP) is 2.31. The summed E-state index contributed by atoms with van der Waals surface area (Å²) in [5, 5.41) is 20.9. The van der Waals surface area contributed by atoms with Gasteiger partial charge in [0.2, 0.25) is 0 Å². The van der Waals surface area contributed by atoms with E-state index in [-0.39, 0.29) is 6.10 Å². The van der Waals surface area contributed by atoms with Crippen LogP contribution in [0, 0.1) is 32.1 Å². The molecule has 0 aromatic carbocycles. The van der Waals surface area contributed by atoms with Gasteiger partial charge in [0.1, 0.15) is 22.7 Å². The second-order valence-electron chi connectivity index (χ2n) is 5.35. The largest absolute Gasteiger partial charge is 0.367 e. The number of hydrogen-bond donors (Lipinski definition) is 0. The zero-order chi connectivity index (χ0) is 15.7. The number of aromatic nitrogens is 3. The maximum atomic E-state index is 9.45. The fourth-order valence-corrected chi connectivity index (χ4v) is 3.30. The van der Waals surface area contributed by atoms with Crippen LogP contribution < -0.4 is 4.90 Å². The van der Waals surface area contributed by atoms with E-state index in [0.29, 0.717) is 31.1 Å². The van der Waals surface area contributed by atoms with Crippen LogP contribution in [0.25, 0.3) is 0 Å². The van der Waals surface area contributed by atoms with Crippen molar-refractivity contribution in [1.29, 1.82) is 5.26 Å². The Balaban J connectivity index is 1.90. The van der Waals surface area contributed by atoms with Gasteiger partial charge >= 0.3 is 0 Å². The van der Waals surface area contributed by atoms with Crippen LogP contribution in [0.5, 0.6) is 0 Å². The molecule has 6 nitrogen and oxygen atoms in total. The number of aryl methyl sites for hydroxylation is 2. The van der Waals surface area contributed by atoms with Gasteiger partial charge in [0.15, 0.2) is 5.82 Å². The molecule has 1 aliphatic heterocycles. The average Bonchev–Trinajstić information content (AvgIpc) is 2.96. The van der Waals surface area contributed by atoms with Crippen LogP contribution in [-0.4, -0.2) is 34.9 Å². The second-order valence-corrected chi connectivity index (χ2v) is 6.24. The SMILES string of the molecule is Cc1csc([C@@H]2CN(c3nnc(C)c(C)c3C#N)CCO2)n1. The Bertz CT molecular complexity index is 736. The number of thiazole rings is 1. The van der Waals surface area contributed by atoms with Gasteiger partial charge in [-0.05, 0) is 26.3 Å². The Hall–Kier alpha value is -2.04. The van der Waals surface area contributed by atoms with Gasteiger partial charge in [-0.15, -0.1) is 16.4 Å². The van der Waals surface area contributed by atoms with Crippen LogP contribution in [-0.2, 0) is 4.74 Å². The lowest BCUT2D eigenvalue weighted by atomic mass is 10.1. The van der Waals surface area contributed by atoms with E-state index in [2.05, 4.69) is 26.2 Å². The van der Waals surface area contributed by atoms with Gasteiger partial charge in [0.25, 0.3) is 0 Å². The summed E-state index contributed by atoms with van der Waals surface area (Å²) in [6, 6.07) is 2.26. The highest BCUT2D eigenvalue weighted by Crippen LogP contribution is 2.29. The van der Waals surface area contributed by atoms with Crippen molar-refractivity contribution < 1.29 is 4.74 Å². The van der Waals surface area contributed by atoms with Crippen molar-refractivity contribution in [3.05, 3.63) is 32.9 Å². The Labute approximate surface area is 133 Å². The quantitative estimate of drug-likeness (QED) is 0.846. The fourth-order valence-electron chi connectivity index (χ4n) is 2.46. The Morgan fingerprint density at radius 2 is 2.18 bits per heavy atom. The van der Waals surface area contributed by atoms with E-state index in [1.807, 2.05) is 26.2 Å². The van der Waals surface area contributed by atoms with Crippen LogP contribution in [0.1, 0.15) is 33.6 Å². The predicted molar refractivity (Wildman–Crippen MR) is 84.0 cm³/mol. The molecule has 1 atom stereocenters. The third-order valence-electron chi connectivity index (χ3n) is 3.83. The molecule has 0 saturated carbocycles. The zero-order valence-electron chi connectivity index (χ0n) is 12.8. The molecule has 0 amide bonds. The van der Waals surface area contributed by atoms with Gasteiger partial charge in [-0.1, -0.05) is 0 Å². The Kier molecular flexibility index (Phi) is 4.05. The number of rotatable bonds is 2. The monoisotopic (exact) mass is 315 g/mol. The summed E-state index contributed by atoms with van der Waals surface area (Å²) in [6.45, 7) is 7.68. The van der Waals surface area contributed by atoms with E-state index in [0.717, 1.165) is 22.0 Å². The summed E-state index contributed by atoms with van der Waals surface area (Å²) in [6.07, 6.45) is -0.0811. The maximum Gasteiger partial charge on any atom is 0.169 e. The molecule has 3 rings (SSSR count). The molecule has 0 spiro atoms. The van der Waals surface area contributed by atoms with Gasteiger partial charge in [-0.3, -0.25) is 0 Å². The van der Waals surface area contributed by atoms with Crippen molar-refractivity contribution in [3.8, 4) is 6.07 Å². The summed E-state index contributed by atoms with van der Waals surface area (Å²) in [5.41, 5.74) is 3.29. The molecule has 1 fully saturated rings. The normalized spacial score (nSPS) is 18.3. The van der Waals surface area contributed by atoms with E-state index in [9.17, 15) is 5.26 Å². The van der Waals surface area contributed by atoms with Crippen molar-refractivity contribution in [2.24, 2.45) is 0 Å². The number of ether oxygens (including phenoxy) is 1. The minimum Gasteiger partial charge on any atom is -0.367 e. The van der Waals surface area contributed by atoms with Crippen LogP contribution in [0.4, 0.5) is 5.82 Å². The molecule has 0 unspecified atom stereocenters. The van der Waals surface area contributed by atoms with Gasteiger partial charge in [0, 0.05) is 17.6 Å². The third kappa shape index (κ3) is 2.67. The van der Waals surface area contributed by atoms with E-state index in [4.69, 9.17) is 4.74 Å². The molecule has 1 aliphatic rings. The lowest BCUT2D eigenvalue weighted by Crippen LogP contribution is -2.39. The highest BCUT2D eigenvalue weighted by molar-refractivity contribution is 7.09. The lowest BCUT2D eigenvalue weighted by Gasteiger charge is -2.33. The number of morpholine rings is 1. The fraction of sp³-hybridized carbons (Fsp3) is 0.467. The molecule has 0 radical (unpaired) electrons. The summed E-state index contributed by atoms with van der Waals surface area (Å²) >= 11 is 1.61. The molecule has 0 aliphatic carbocycles. The smallest absolute Gasteiger partial charge is 0.169 e. The minimum absolute atomic E-state index is 0.0811. The first-order valence-corrected chi connectivity index (χ1v) is 8.00.